The van der Waals surface area contributed by atoms with Crippen molar-refractivity contribution in [1.82, 2.24) is 0 Å². The molecule has 2 rings (SSSR count). The molecule has 3 heteroatoms. The van der Waals surface area contributed by atoms with Crippen LogP contribution < -0.4 is 0 Å². The molecular formula is C14H18O3. The Kier molecular flexibility index (Phi) is 3.79. The van der Waals surface area contributed by atoms with Crippen LogP contribution in [0.4, 0.5) is 0 Å². The van der Waals surface area contributed by atoms with Crippen LogP contribution in [-0.4, -0.2) is 24.3 Å². The molecule has 3 atom stereocenters. The van der Waals surface area contributed by atoms with E-state index in [-0.39, 0.29) is 17.8 Å². The Bertz CT molecular complexity index is 374. The van der Waals surface area contributed by atoms with Gasteiger partial charge in [0, 0.05) is 5.92 Å². The third-order valence-electron chi connectivity index (χ3n) is 3.55. The molecule has 0 spiro atoms. The van der Waals surface area contributed by atoms with Gasteiger partial charge in [-0.3, -0.25) is 4.79 Å². The van der Waals surface area contributed by atoms with Gasteiger partial charge in [0.1, 0.15) is 0 Å². The maximum absolute atomic E-state index is 11.8. The number of esters is 1. The summed E-state index contributed by atoms with van der Waals surface area (Å²) in [5.41, 5.74) is 1.02. The SMILES string of the molecule is COC(=O)[C@@H]1CCC[C@H](O)[C@H]1c1ccccc1. The predicted molar refractivity (Wildman–Crippen MR) is 64.5 cm³/mol. The van der Waals surface area contributed by atoms with Gasteiger partial charge in [0.15, 0.2) is 0 Å². The van der Waals surface area contributed by atoms with E-state index in [2.05, 4.69) is 0 Å². The second-order valence-electron chi connectivity index (χ2n) is 4.56. The lowest BCUT2D eigenvalue weighted by Gasteiger charge is -2.34. The highest BCUT2D eigenvalue weighted by molar-refractivity contribution is 5.74. The third-order valence-corrected chi connectivity index (χ3v) is 3.55. The minimum Gasteiger partial charge on any atom is -0.469 e. The summed E-state index contributed by atoms with van der Waals surface area (Å²) in [6.07, 6.45) is 1.98. The molecule has 0 bridgehead atoms. The summed E-state index contributed by atoms with van der Waals surface area (Å²) in [6.45, 7) is 0. The average Bonchev–Trinajstić information content (AvgIpc) is 2.38. The zero-order valence-electron chi connectivity index (χ0n) is 10.0. The lowest BCUT2D eigenvalue weighted by atomic mass is 9.73. The number of aliphatic hydroxyl groups excluding tert-OH is 1. The smallest absolute Gasteiger partial charge is 0.309 e. The van der Waals surface area contributed by atoms with Crippen LogP contribution in [-0.2, 0) is 9.53 Å². The molecule has 17 heavy (non-hydrogen) atoms. The topological polar surface area (TPSA) is 46.5 Å². The first kappa shape index (κ1) is 12.1. The number of carbonyl (C=O) groups excluding carboxylic acids is 1. The van der Waals surface area contributed by atoms with Gasteiger partial charge in [-0.1, -0.05) is 30.3 Å². The summed E-state index contributed by atoms with van der Waals surface area (Å²) in [5.74, 6) is -0.554. The molecule has 92 valence electrons. The number of aliphatic hydroxyl groups is 1. The number of carbonyl (C=O) groups is 1. The Morgan fingerprint density at radius 2 is 2.00 bits per heavy atom. The standard InChI is InChI=1S/C14H18O3/c1-17-14(16)11-8-5-9-12(15)13(11)10-6-3-2-4-7-10/h2-4,6-7,11-13,15H,5,8-9H2,1H3/t11-,12+,13+/m1/s1. The molecule has 0 aromatic heterocycles. The van der Waals surface area contributed by atoms with Crippen LogP contribution in [0.15, 0.2) is 30.3 Å². The van der Waals surface area contributed by atoms with Gasteiger partial charge in [0.05, 0.1) is 19.1 Å². The van der Waals surface area contributed by atoms with Crippen molar-refractivity contribution in [2.45, 2.75) is 31.3 Å². The molecule has 1 aliphatic rings. The van der Waals surface area contributed by atoms with Crippen LogP contribution in [0, 0.1) is 5.92 Å². The second-order valence-corrected chi connectivity index (χ2v) is 4.56. The van der Waals surface area contributed by atoms with E-state index in [1.54, 1.807) is 0 Å². The Morgan fingerprint density at radius 1 is 1.29 bits per heavy atom. The van der Waals surface area contributed by atoms with Gasteiger partial charge in [-0.25, -0.2) is 0 Å². The summed E-state index contributed by atoms with van der Waals surface area (Å²) in [6, 6.07) is 9.74. The van der Waals surface area contributed by atoms with Crippen molar-refractivity contribution >= 4 is 5.97 Å². The summed E-state index contributed by atoms with van der Waals surface area (Å²) >= 11 is 0. The first-order valence-corrected chi connectivity index (χ1v) is 6.05. The molecule has 0 saturated heterocycles. The van der Waals surface area contributed by atoms with Crippen molar-refractivity contribution in [3.63, 3.8) is 0 Å². The molecule has 0 heterocycles. The van der Waals surface area contributed by atoms with Crippen molar-refractivity contribution in [1.29, 1.82) is 0 Å². The number of hydrogen-bond donors (Lipinski definition) is 1. The summed E-state index contributed by atoms with van der Waals surface area (Å²) in [7, 11) is 1.41. The first-order chi connectivity index (χ1) is 8.24. The van der Waals surface area contributed by atoms with Crippen LogP contribution in [0.1, 0.15) is 30.7 Å². The predicted octanol–water partition coefficient (Wildman–Crippen LogP) is 2.10. The highest BCUT2D eigenvalue weighted by Gasteiger charge is 2.38. The molecule has 0 aliphatic heterocycles. The van der Waals surface area contributed by atoms with E-state index in [1.165, 1.54) is 7.11 Å². The number of benzene rings is 1. The largest absolute Gasteiger partial charge is 0.469 e. The van der Waals surface area contributed by atoms with E-state index in [1.807, 2.05) is 30.3 Å². The quantitative estimate of drug-likeness (QED) is 0.797. The lowest BCUT2D eigenvalue weighted by molar-refractivity contribution is -0.149. The van der Waals surface area contributed by atoms with Gasteiger partial charge in [-0.2, -0.15) is 0 Å². The zero-order chi connectivity index (χ0) is 12.3. The van der Waals surface area contributed by atoms with E-state index in [9.17, 15) is 9.90 Å². The molecule has 0 radical (unpaired) electrons. The highest BCUT2D eigenvalue weighted by Crippen LogP contribution is 2.38. The van der Waals surface area contributed by atoms with Crippen molar-refractivity contribution in [3.8, 4) is 0 Å². The van der Waals surface area contributed by atoms with Gasteiger partial charge in [-0.05, 0) is 24.8 Å². The third kappa shape index (κ3) is 2.50. The fraction of sp³-hybridized carbons (Fsp3) is 0.500. The number of rotatable bonds is 2. The molecule has 1 saturated carbocycles. The van der Waals surface area contributed by atoms with Crippen LogP contribution >= 0.6 is 0 Å². The first-order valence-electron chi connectivity index (χ1n) is 6.05. The number of hydrogen-bond acceptors (Lipinski definition) is 3. The fourth-order valence-corrected chi connectivity index (χ4v) is 2.72. The molecule has 1 aromatic carbocycles. The van der Waals surface area contributed by atoms with E-state index >= 15 is 0 Å². The van der Waals surface area contributed by atoms with Crippen molar-refractivity contribution < 1.29 is 14.6 Å². The minimum atomic E-state index is -0.449. The Morgan fingerprint density at radius 3 is 2.65 bits per heavy atom. The van der Waals surface area contributed by atoms with E-state index in [0.29, 0.717) is 0 Å². The Labute approximate surface area is 101 Å². The molecule has 1 aromatic rings. The molecule has 1 fully saturated rings. The minimum absolute atomic E-state index is 0.127. The van der Waals surface area contributed by atoms with E-state index < -0.39 is 6.10 Å². The van der Waals surface area contributed by atoms with Gasteiger partial charge in [0.2, 0.25) is 0 Å². The fourth-order valence-electron chi connectivity index (χ4n) is 2.72. The molecule has 0 unspecified atom stereocenters. The van der Waals surface area contributed by atoms with Crippen LogP contribution in [0.3, 0.4) is 0 Å². The lowest BCUT2D eigenvalue weighted by Crippen LogP contribution is -2.35. The number of methoxy groups -OCH3 is 1. The van der Waals surface area contributed by atoms with Crippen molar-refractivity contribution in [2.75, 3.05) is 7.11 Å². The summed E-state index contributed by atoms with van der Waals surface area (Å²) in [5, 5.41) is 10.1. The molecule has 3 nitrogen and oxygen atoms in total. The zero-order valence-corrected chi connectivity index (χ0v) is 10.0. The summed E-state index contributed by atoms with van der Waals surface area (Å²) < 4.78 is 4.84. The van der Waals surface area contributed by atoms with E-state index in [4.69, 9.17) is 4.74 Å². The van der Waals surface area contributed by atoms with Crippen molar-refractivity contribution in [3.05, 3.63) is 35.9 Å². The van der Waals surface area contributed by atoms with Crippen LogP contribution in [0.25, 0.3) is 0 Å². The Balaban J connectivity index is 2.28. The van der Waals surface area contributed by atoms with Crippen molar-refractivity contribution in [2.24, 2.45) is 5.92 Å². The molecule has 1 N–H and O–H groups in total. The van der Waals surface area contributed by atoms with E-state index in [0.717, 1.165) is 24.8 Å². The highest BCUT2D eigenvalue weighted by atomic mass is 16.5. The second kappa shape index (κ2) is 5.32. The van der Waals surface area contributed by atoms with Gasteiger partial charge in [-0.15, -0.1) is 0 Å². The normalized spacial score (nSPS) is 28.7. The average molecular weight is 234 g/mol. The maximum atomic E-state index is 11.8. The van der Waals surface area contributed by atoms with Gasteiger partial charge >= 0.3 is 5.97 Å². The monoisotopic (exact) mass is 234 g/mol. The molecule has 1 aliphatic carbocycles. The molecule has 0 amide bonds. The number of ether oxygens (including phenoxy) is 1. The maximum Gasteiger partial charge on any atom is 0.309 e. The van der Waals surface area contributed by atoms with Gasteiger partial charge in [0.25, 0.3) is 0 Å². The molecular weight excluding hydrogens is 216 g/mol. The van der Waals surface area contributed by atoms with Gasteiger partial charge < -0.3 is 9.84 Å². The van der Waals surface area contributed by atoms with Crippen LogP contribution in [0.2, 0.25) is 0 Å². The van der Waals surface area contributed by atoms with Crippen LogP contribution in [0.5, 0.6) is 0 Å². The summed E-state index contributed by atoms with van der Waals surface area (Å²) in [4.78, 5) is 11.8. The Hall–Kier alpha value is -1.35.